The van der Waals surface area contributed by atoms with Crippen molar-refractivity contribution in [1.82, 2.24) is 15.5 Å². The van der Waals surface area contributed by atoms with Crippen LogP contribution in [0.1, 0.15) is 38.2 Å². The molecule has 2 amide bonds. The van der Waals surface area contributed by atoms with E-state index in [4.69, 9.17) is 16.9 Å². The van der Waals surface area contributed by atoms with Crippen molar-refractivity contribution in [2.75, 3.05) is 13.1 Å². The second-order valence-electron chi connectivity index (χ2n) is 7.95. The third-order valence-corrected chi connectivity index (χ3v) is 5.31. The van der Waals surface area contributed by atoms with Crippen molar-refractivity contribution in [3.63, 3.8) is 0 Å². The van der Waals surface area contributed by atoms with E-state index in [-0.39, 0.29) is 17.8 Å². The van der Waals surface area contributed by atoms with E-state index in [0.29, 0.717) is 51.5 Å². The molecule has 2 rings (SSSR count). The minimum absolute atomic E-state index is 0.140. The lowest BCUT2D eigenvalue weighted by Crippen LogP contribution is -2.56. The zero-order valence-corrected chi connectivity index (χ0v) is 17.4. The van der Waals surface area contributed by atoms with Gasteiger partial charge < -0.3 is 31.8 Å². The molecule has 0 aromatic heterocycles. The Balaban J connectivity index is 1.95. The summed E-state index contributed by atoms with van der Waals surface area (Å²) < 4.78 is 0. The van der Waals surface area contributed by atoms with E-state index in [1.54, 1.807) is 6.92 Å². The highest BCUT2D eigenvalue weighted by atomic mass is 16.2. The maximum atomic E-state index is 12.9. The van der Waals surface area contributed by atoms with E-state index in [9.17, 15) is 14.4 Å². The summed E-state index contributed by atoms with van der Waals surface area (Å²) in [5.41, 5.74) is 11.3. The van der Waals surface area contributed by atoms with Crippen LogP contribution in [0.2, 0.25) is 0 Å². The Morgan fingerprint density at radius 2 is 2.07 bits per heavy atom. The van der Waals surface area contributed by atoms with Gasteiger partial charge in [0.25, 0.3) is 0 Å². The number of guanidine groups is 1. The number of hydrogen-bond acceptors (Lipinski definition) is 5. The van der Waals surface area contributed by atoms with Crippen molar-refractivity contribution in [3.05, 3.63) is 35.9 Å². The third kappa shape index (κ3) is 6.55. The minimum Gasteiger partial charge on any atom is -0.370 e. The average molecular weight is 417 g/mol. The first-order valence-electron chi connectivity index (χ1n) is 10.2. The van der Waals surface area contributed by atoms with Crippen LogP contribution in [0.15, 0.2) is 30.3 Å². The number of amides is 2. The van der Waals surface area contributed by atoms with Crippen LogP contribution in [0.25, 0.3) is 0 Å². The number of likely N-dealkylation sites (tertiary alicyclic amines) is 1. The molecule has 3 atom stereocenters. The molecule has 9 nitrogen and oxygen atoms in total. The van der Waals surface area contributed by atoms with Crippen LogP contribution in [0, 0.1) is 5.41 Å². The highest BCUT2D eigenvalue weighted by molar-refractivity contribution is 5.92. The summed E-state index contributed by atoms with van der Waals surface area (Å²) in [6.45, 7) is 2.55. The van der Waals surface area contributed by atoms with Crippen LogP contribution >= 0.6 is 0 Å². The molecule has 30 heavy (non-hydrogen) atoms. The van der Waals surface area contributed by atoms with E-state index >= 15 is 0 Å². The van der Waals surface area contributed by atoms with Gasteiger partial charge in [-0.2, -0.15) is 0 Å². The van der Waals surface area contributed by atoms with Crippen LogP contribution in [0.5, 0.6) is 0 Å². The molecule has 1 aromatic rings. The monoisotopic (exact) mass is 416 g/mol. The topological polar surface area (TPSA) is 154 Å². The van der Waals surface area contributed by atoms with Crippen LogP contribution < -0.4 is 22.1 Å². The first-order valence-corrected chi connectivity index (χ1v) is 10.2. The Kier molecular flexibility index (Phi) is 8.35. The summed E-state index contributed by atoms with van der Waals surface area (Å²) in [6.07, 6.45) is 3.29. The van der Waals surface area contributed by atoms with Gasteiger partial charge in [0.15, 0.2) is 5.96 Å². The van der Waals surface area contributed by atoms with Gasteiger partial charge in [0.05, 0.1) is 11.6 Å². The number of nitrogens with zero attached hydrogens (tertiary/aromatic N) is 1. The van der Waals surface area contributed by atoms with E-state index in [0.717, 1.165) is 5.56 Å². The summed E-state index contributed by atoms with van der Waals surface area (Å²) in [6, 6.07) is 8.16. The summed E-state index contributed by atoms with van der Waals surface area (Å²) in [4.78, 5) is 38.9. The van der Waals surface area contributed by atoms with Gasteiger partial charge in [-0.15, -0.1) is 0 Å². The molecule has 0 aliphatic carbocycles. The highest BCUT2D eigenvalue weighted by Gasteiger charge is 2.38. The Hall–Kier alpha value is -2.94. The molecule has 0 saturated carbocycles. The molecule has 1 aromatic carbocycles. The van der Waals surface area contributed by atoms with E-state index in [2.05, 4.69) is 10.6 Å². The second-order valence-corrected chi connectivity index (χ2v) is 7.95. The lowest BCUT2D eigenvalue weighted by molar-refractivity contribution is -0.140. The number of hydrogen-bond donors (Lipinski definition) is 5. The molecular weight excluding hydrogens is 384 g/mol. The molecule has 164 valence electrons. The number of benzene rings is 1. The van der Waals surface area contributed by atoms with E-state index in [1.165, 1.54) is 4.90 Å². The Morgan fingerprint density at radius 1 is 1.37 bits per heavy atom. The quantitative estimate of drug-likeness (QED) is 0.155. The number of rotatable bonds is 10. The van der Waals surface area contributed by atoms with E-state index < -0.39 is 17.6 Å². The maximum absolute atomic E-state index is 12.9. The molecule has 9 heteroatoms. The molecule has 1 aliphatic rings. The Bertz CT molecular complexity index is 756. The summed E-state index contributed by atoms with van der Waals surface area (Å²) in [7, 11) is 0. The molecule has 1 aliphatic heterocycles. The van der Waals surface area contributed by atoms with Crippen molar-refractivity contribution in [3.8, 4) is 0 Å². The molecule has 0 spiro atoms. The number of nitrogens with one attached hydrogen (secondary N) is 3. The normalized spacial score (nSPS) is 18.9. The van der Waals surface area contributed by atoms with Crippen LogP contribution in [-0.4, -0.2) is 59.7 Å². The summed E-state index contributed by atoms with van der Waals surface area (Å²) >= 11 is 0. The highest BCUT2D eigenvalue weighted by Crippen LogP contribution is 2.21. The Labute approximate surface area is 177 Å². The van der Waals surface area contributed by atoms with Crippen molar-refractivity contribution < 1.29 is 14.4 Å². The van der Waals surface area contributed by atoms with Gasteiger partial charge in [0, 0.05) is 13.1 Å². The van der Waals surface area contributed by atoms with Gasteiger partial charge in [-0.3, -0.25) is 15.0 Å². The SMILES string of the molecule is C[C@@](C=O)(CCCNC(=N)N)NC(=O)[C@@H]1CCCN1C(=O)[C@H](N)Cc1ccccc1. The second kappa shape index (κ2) is 10.7. The molecule has 0 bridgehead atoms. The average Bonchev–Trinajstić information content (AvgIpc) is 3.21. The first-order chi connectivity index (χ1) is 14.3. The molecule has 7 N–H and O–H groups in total. The number of carbonyl (C=O) groups is 3. The number of carbonyl (C=O) groups excluding carboxylic acids is 3. The smallest absolute Gasteiger partial charge is 0.243 e. The van der Waals surface area contributed by atoms with Crippen molar-refractivity contribution in [2.24, 2.45) is 11.5 Å². The fourth-order valence-electron chi connectivity index (χ4n) is 3.67. The fraction of sp³-hybridized carbons (Fsp3) is 0.524. The van der Waals surface area contributed by atoms with Crippen LogP contribution in [-0.2, 0) is 20.8 Å². The van der Waals surface area contributed by atoms with E-state index in [1.807, 2.05) is 30.3 Å². The van der Waals surface area contributed by atoms with Crippen LogP contribution in [0.4, 0.5) is 0 Å². The summed E-state index contributed by atoms with van der Waals surface area (Å²) in [5.74, 6) is -0.740. The molecule has 1 saturated heterocycles. The largest absolute Gasteiger partial charge is 0.370 e. The van der Waals surface area contributed by atoms with Crippen molar-refractivity contribution >= 4 is 24.1 Å². The molecule has 1 heterocycles. The first kappa shape index (κ1) is 23.3. The lowest BCUT2D eigenvalue weighted by atomic mass is 9.96. The molecule has 1 fully saturated rings. The van der Waals surface area contributed by atoms with Gasteiger partial charge >= 0.3 is 0 Å². The predicted octanol–water partition coefficient (Wildman–Crippen LogP) is -0.116. The molecule has 0 unspecified atom stereocenters. The van der Waals surface area contributed by atoms with Gasteiger partial charge in [0.1, 0.15) is 12.3 Å². The number of nitrogens with two attached hydrogens (primary N) is 2. The summed E-state index contributed by atoms with van der Waals surface area (Å²) in [5, 5.41) is 12.6. The predicted molar refractivity (Wildman–Crippen MR) is 115 cm³/mol. The Morgan fingerprint density at radius 3 is 2.70 bits per heavy atom. The minimum atomic E-state index is -1.06. The zero-order chi connectivity index (χ0) is 22.1. The lowest BCUT2D eigenvalue weighted by Gasteiger charge is -2.31. The third-order valence-electron chi connectivity index (χ3n) is 5.31. The molecule has 0 radical (unpaired) electrons. The van der Waals surface area contributed by atoms with Gasteiger partial charge in [-0.05, 0) is 44.6 Å². The molecular formula is C21H32N6O3. The van der Waals surface area contributed by atoms with Crippen molar-refractivity contribution in [2.45, 2.75) is 56.7 Å². The fourth-order valence-corrected chi connectivity index (χ4v) is 3.67. The van der Waals surface area contributed by atoms with Crippen molar-refractivity contribution in [1.29, 1.82) is 5.41 Å². The van der Waals surface area contributed by atoms with Gasteiger partial charge in [0.2, 0.25) is 11.8 Å². The standard InChI is InChI=1S/C21H32N6O3/c1-21(14-28,10-6-11-25-20(23)24)26-18(29)17-9-5-12-27(17)19(30)16(22)13-15-7-3-2-4-8-15/h2-4,7-8,14,16-17H,5-6,9-13,22H2,1H3,(H,26,29)(H4,23,24,25)/t16-,17+,21+/m1/s1. The van der Waals surface area contributed by atoms with Crippen LogP contribution in [0.3, 0.4) is 0 Å². The zero-order valence-electron chi connectivity index (χ0n) is 17.4. The maximum Gasteiger partial charge on any atom is 0.243 e. The van der Waals surface area contributed by atoms with Gasteiger partial charge in [-0.25, -0.2) is 0 Å². The van der Waals surface area contributed by atoms with Gasteiger partial charge in [-0.1, -0.05) is 30.3 Å². The number of aldehydes is 1.